The van der Waals surface area contributed by atoms with Crippen LogP contribution in [0.4, 0.5) is 0 Å². The molecule has 7 nitrogen and oxygen atoms in total. The van der Waals surface area contributed by atoms with Crippen LogP contribution in [0.15, 0.2) is 24.4 Å². The first kappa shape index (κ1) is 24.6. The van der Waals surface area contributed by atoms with Crippen LogP contribution in [0.5, 0.6) is 0 Å². The largest absolute Gasteiger partial charge is 0.381 e. The zero-order valence-corrected chi connectivity index (χ0v) is 19.8. The molecule has 2 fully saturated rings. The quantitative estimate of drug-likeness (QED) is 0.746. The van der Waals surface area contributed by atoms with Crippen LogP contribution >= 0.6 is 0 Å². The van der Waals surface area contributed by atoms with Gasteiger partial charge in [0.2, 0.25) is 11.8 Å². The minimum atomic E-state index is -0.477. The number of rotatable bonds is 4. The average molecular weight is 445 g/mol. The van der Waals surface area contributed by atoms with Crippen molar-refractivity contribution in [3.63, 3.8) is 0 Å². The van der Waals surface area contributed by atoms with Crippen molar-refractivity contribution in [2.45, 2.75) is 71.4 Å². The first-order valence-corrected chi connectivity index (χ1v) is 12.3. The molecule has 1 spiro atoms. The summed E-state index contributed by atoms with van der Waals surface area (Å²) in [6.45, 7) is 8.67. The second kappa shape index (κ2) is 12.3. The summed E-state index contributed by atoms with van der Waals surface area (Å²) in [5.74, 6) is 0.296. The Morgan fingerprint density at radius 3 is 2.62 bits per heavy atom. The number of hydrogen-bond acceptors (Lipinski definition) is 5. The zero-order chi connectivity index (χ0) is 22.8. The third-order valence-electron chi connectivity index (χ3n) is 6.69. The van der Waals surface area contributed by atoms with Gasteiger partial charge in [-0.2, -0.15) is 0 Å². The van der Waals surface area contributed by atoms with Gasteiger partial charge in [0.1, 0.15) is 6.04 Å². The van der Waals surface area contributed by atoms with Crippen molar-refractivity contribution in [1.29, 1.82) is 0 Å². The summed E-state index contributed by atoms with van der Waals surface area (Å²) in [6, 6.07) is 5.52. The normalized spacial score (nSPS) is 24.0. The lowest BCUT2D eigenvalue weighted by atomic mass is 9.73. The fraction of sp³-hybridized carbons (Fsp3) is 0.720. The van der Waals surface area contributed by atoms with E-state index in [0.29, 0.717) is 32.1 Å². The van der Waals surface area contributed by atoms with Crippen molar-refractivity contribution in [2.24, 2.45) is 11.3 Å². The highest BCUT2D eigenvalue weighted by Gasteiger charge is 2.42. The zero-order valence-electron chi connectivity index (χ0n) is 19.8. The molecule has 1 atom stereocenters. The van der Waals surface area contributed by atoms with Crippen molar-refractivity contribution < 1.29 is 14.3 Å². The van der Waals surface area contributed by atoms with E-state index in [0.717, 1.165) is 63.9 Å². The molecule has 178 valence electrons. The maximum absolute atomic E-state index is 13.6. The van der Waals surface area contributed by atoms with Gasteiger partial charge in [-0.1, -0.05) is 26.3 Å². The van der Waals surface area contributed by atoms with Crippen molar-refractivity contribution in [3.8, 4) is 0 Å². The van der Waals surface area contributed by atoms with Gasteiger partial charge in [0, 0.05) is 32.5 Å². The van der Waals surface area contributed by atoms with Crippen LogP contribution in [-0.2, 0) is 20.9 Å². The van der Waals surface area contributed by atoms with Crippen LogP contribution in [0.1, 0.15) is 64.5 Å². The number of nitrogens with zero attached hydrogens (tertiary/aromatic N) is 2. The molecular weight excluding hydrogens is 404 g/mol. The van der Waals surface area contributed by atoms with Crippen molar-refractivity contribution >= 4 is 11.8 Å². The van der Waals surface area contributed by atoms with Crippen molar-refractivity contribution in [3.05, 3.63) is 30.1 Å². The highest BCUT2D eigenvalue weighted by Crippen LogP contribution is 2.37. The lowest BCUT2D eigenvalue weighted by molar-refractivity contribution is -0.138. The van der Waals surface area contributed by atoms with E-state index in [1.54, 1.807) is 0 Å². The first-order valence-electron chi connectivity index (χ1n) is 12.3. The van der Waals surface area contributed by atoms with Gasteiger partial charge in [0.05, 0.1) is 11.1 Å². The monoisotopic (exact) mass is 444 g/mol. The minimum Gasteiger partial charge on any atom is -0.381 e. The van der Waals surface area contributed by atoms with Crippen LogP contribution in [0.3, 0.4) is 0 Å². The van der Waals surface area contributed by atoms with Gasteiger partial charge < -0.3 is 15.4 Å². The molecule has 1 aromatic rings. The van der Waals surface area contributed by atoms with E-state index in [1.807, 2.05) is 24.4 Å². The molecule has 2 aliphatic heterocycles. The predicted molar refractivity (Wildman–Crippen MR) is 125 cm³/mol. The fourth-order valence-corrected chi connectivity index (χ4v) is 4.74. The second-order valence-corrected chi connectivity index (χ2v) is 9.75. The number of piperidine rings is 1. The number of aromatic nitrogens is 1. The third-order valence-corrected chi connectivity index (χ3v) is 6.69. The third kappa shape index (κ3) is 7.27. The Bertz CT molecular complexity index is 717. The molecule has 1 aromatic heterocycles. The molecule has 2 aliphatic rings. The van der Waals surface area contributed by atoms with Crippen molar-refractivity contribution in [2.75, 3.05) is 32.8 Å². The molecule has 2 N–H and O–H groups in total. The van der Waals surface area contributed by atoms with Crippen LogP contribution in [0.25, 0.3) is 0 Å². The van der Waals surface area contributed by atoms with Crippen LogP contribution in [0.2, 0.25) is 0 Å². The van der Waals surface area contributed by atoms with Crippen LogP contribution in [-0.4, -0.2) is 60.6 Å². The Balaban J connectivity index is 1.69. The summed E-state index contributed by atoms with van der Waals surface area (Å²) in [5.41, 5.74) is 0.644. The number of amides is 2. The lowest BCUT2D eigenvalue weighted by Gasteiger charge is -2.41. The second-order valence-electron chi connectivity index (χ2n) is 9.75. The number of ether oxygens (including phenoxy) is 1. The van der Waals surface area contributed by atoms with Gasteiger partial charge in [-0.25, -0.2) is 0 Å². The number of nitrogens with one attached hydrogen (secondary N) is 2. The van der Waals surface area contributed by atoms with E-state index in [1.165, 1.54) is 0 Å². The number of likely N-dealkylation sites (tertiary alicyclic amines) is 1. The van der Waals surface area contributed by atoms with E-state index < -0.39 is 11.5 Å². The lowest BCUT2D eigenvalue weighted by Crippen LogP contribution is -2.55. The highest BCUT2D eigenvalue weighted by molar-refractivity contribution is 5.90. The number of pyridine rings is 1. The topological polar surface area (TPSA) is 83.6 Å². The molecule has 3 rings (SSSR count). The van der Waals surface area contributed by atoms with Crippen LogP contribution < -0.4 is 10.6 Å². The molecule has 7 heteroatoms. The Morgan fingerprint density at radius 1 is 1.12 bits per heavy atom. The Kier molecular flexibility index (Phi) is 9.48. The minimum absolute atomic E-state index is 0.0498. The summed E-state index contributed by atoms with van der Waals surface area (Å²) in [7, 11) is 0. The van der Waals surface area contributed by atoms with Crippen LogP contribution in [0, 0.1) is 11.3 Å². The van der Waals surface area contributed by atoms with Gasteiger partial charge in [-0.3, -0.25) is 19.5 Å². The van der Waals surface area contributed by atoms with E-state index in [9.17, 15) is 9.59 Å². The van der Waals surface area contributed by atoms with Gasteiger partial charge >= 0.3 is 0 Å². The van der Waals surface area contributed by atoms with Gasteiger partial charge in [-0.05, 0) is 69.7 Å². The molecular formula is C25H40N4O3. The molecule has 0 aromatic carbocycles. The molecule has 0 aliphatic carbocycles. The summed E-state index contributed by atoms with van der Waals surface area (Å²) in [6.07, 6.45) is 7.66. The molecule has 0 bridgehead atoms. The molecule has 32 heavy (non-hydrogen) atoms. The Hall–Kier alpha value is -1.99. The molecule has 0 radical (unpaired) electrons. The first-order chi connectivity index (χ1) is 15.5. The molecule has 3 heterocycles. The SMILES string of the molecule is CC(C)C[C@@H]1NC(=O)C2(CCCCOCCCNC1=O)CCN(Cc1ccccn1)CC2. The van der Waals surface area contributed by atoms with E-state index in [-0.39, 0.29) is 11.8 Å². The van der Waals surface area contributed by atoms with Gasteiger partial charge in [0.25, 0.3) is 0 Å². The summed E-state index contributed by atoms with van der Waals surface area (Å²) in [5, 5.41) is 6.15. The van der Waals surface area contributed by atoms with E-state index in [2.05, 4.69) is 34.4 Å². The summed E-state index contributed by atoms with van der Waals surface area (Å²) < 4.78 is 5.72. The van der Waals surface area contributed by atoms with Gasteiger partial charge in [0.15, 0.2) is 0 Å². The number of carbonyl (C=O) groups is 2. The standard InChI is InChI=1S/C25H40N4O3/c1-20(2)18-22-23(30)27-13-7-17-32-16-6-4-9-25(24(31)28-22)10-14-29(15-11-25)19-21-8-3-5-12-26-21/h3,5,8,12,20,22H,4,6-7,9-11,13-19H2,1-2H3,(H,27,30)(H,28,31)/t22-/m0/s1. The summed E-state index contributed by atoms with van der Waals surface area (Å²) >= 11 is 0. The predicted octanol–water partition coefficient (Wildman–Crippen LogP) is 2.90. The average Bonchev–Trinajstić information content (AvgIpc) is 2.78. The maximum atomic E-state index is 13.6. The molecule has 0 unspecified atom stereocenters. The number of carbonyl (C=O) groups excluding carboxylic acids is 2. The molecule has 2 saturated heterocycles. The van der Waals surface area contributed by atoms with E-state index >= 15 is 0 Å². The molecule has 2 amide bonds. The summed E-state index contributed by atoms with van der Waals surface area (Å²) in [4.78, 5) is 33.2. The van der Waals surface area contributed by atoms with Crippen molar-refractivity contribution in [1.82, 2.24) is 20.5 Å². The smallest absolute Gasteiger partial charge is 0.242 e. The fourth-order valence-electron chi connectivity index (χ4n) is 4.74. The maximum Gasteiger partial charge on any atom is 0.242 e. The molecule has 0 saturated carbocycles. The number of hydrogen-bond donors (Lipinski definition) is 2. The highest BCUT2D eigenvalue weighted by atomic mass is 16.5. The Morgan fingerprint density at radius 2 is 1.91 bits per heavy atom. The Labute approximate surface area is 192 Å². The van der Waals surface area contributed by atoms with E-state index in [4.69, 9.17) is 4.74 Å². The van der Waals surface area contributed by atoms with Gasteiger partial charge in [-0.15, -0.1) is 0 Å².